The molecule has 0 aliphatic rings. The number of benzene rings is 2. The highest BCUT2D eigenvalue weighted by molar-refractivity contribution is 7.99. The van der Waals surface area contributed by atoms with Gasteiger partial charge in [-0.2, -0.15) is 5.26 Å². The van der Waals surface area contributed by atoms with Crippen LogP contribution in [0.5, 0.6) is 0 Å². The summed E-state index contributed by atoms with van der Waals surface area (Å²) in [5, 5.41) is 18.4. The molecule has 0 aliphatic carbocycles. The fourth-order valence-corrected chi connectivity index (χ4v) is 4.11. The summed E-state index contributed by atoms with van der Waals surface area (Å²) in [5.41, 5.74) is 3.55. The van der Waals surface area contributed by atoms with Crippen molar-refractivity contribution in [3.05, 3.63) is 57.6 Å². The molecule has 0 radical (unpaired) electrons. The molecule has 0 saturated heterocycles. The number of thioether (sulfide) groups is 1. The number of aryl methyl sites for hydroxylation is 2. The first-order valence-corrected chi connectivity index (χ1v) is 11.1. The van der Waals surface area contributed by atoms with E-state index in [9.17, 15) is 4.79 Å². The molecule has 31 heavy (non-hydrogen) atoms. The number of nitriles is 1. The lowest BCUT2D eigenvalue weighted by molar-refractivity contribution is -0.116. The molecule has 2 aromatic carbocycles. The Bertz CT molecular complexity index is 1160. The minimum absolute atomic E-state index is 0.0854. The van der Waals surface area contributed by atoms with Gasteiger partial charge in [-0.3, -0.25) is 4.79 Å². The van der Waals surface area contributed by atoms with Gasteiger partial charge in [0, 0.05) is 22.8 Å². The maximum Gasteiger partial charge on any atom is 0.237 e. The third-order valence-electron chi connectivity index (χ3n) is 4.71. The molecule has 7 nitrogen and oxygen atoms in total. The number of aromatic nitrogens is 3. The van der Waals surface area contributed by atoms with Crippen molar-refractivity contribution >= 4 is 46.6 Å². The van der Waals surface area contributed by atoms with Gasteiger partial charge >= 0.3 is 0 Å². The standard InChI is InChI=1S/C21H20Cl2N6OS/c1-13-4-6-16(10-14(13)2)28(9-3-8-24)19(30)12-31-21-27-26-20(29(21)25)17-7-5-15(22)11-18(17)23/h4-7,10-11H,3,9,12,25H2,1-2H3. The van der Waals surface area contributed by atoms with Gasteiger partial charge in [-0.15, -0.1) is 10.2 Å². The number of hydrogen-bond donors (Lipinski definition) is 1. The summed E-state index contributed by atoms with van der Waals surface area (Å²) < 4.78 is 1.29. The zero-order valence-corrected chi connectivity index (χ0v) is 19.3. The lowest BCUT2D eigenvalue weighted by Crippen LogP contribution is -2.33. The molecular formula is C21H20Cl2N6OS. The first-order valence-electron chi connectivity index (χ1n) is 9.35. The number of amides is 1. The number of nitrogen functional groups attached to an aromatic ring is 1. The highest BCUT2D eigenvalue weighted by Crippen LogP contribution is 2.30. The van der Waals surface area contributed by atoms with Crippen LogP contribution < -0.4 is 10.7 Å². The van der Waals surface area contributed by atoms with Crippen LogP contribution in [0.15, 0.2) is 41.6 Å². The van der Waals surface area contributed by atoms with Crippen LogP contribution in [0.1, 0.15) is 17.5 Å². The van der Waals surface area contributed by atoms with Crippen molar-refractivity contribution in [2.45, 2.75) is 25.4 Å². The van der Waals surface area contributed by atoms with Crippen LogP contribution in [0, 0.1) is 25.2 Å². The lowest BCUT2D eigenvalue weighted by Gasteiger charge is -2.22. The van der Waals surface area contributed by atoms with Gasteiger partial charge in [0.25, 0.3) is 0 Å². The largest absolute Gasteiger partial charge is 0.335 e. The molecule has 160 valence electrons. The number of hydrogen-bond acceptors (Lipinski definition) is 6. The van der Waals surface area contributed by atoms with Crippen LogP contribution in [0.3, 0.4) is 0 Å². The number of carbonyl (C=O) groups excluding carboxylic acids is 1. The van der Waals surface area contributed by atoms with E-state index in [1.54, 1.807) is 23.1 Å². The van der Waals surface area contributed by atoms with Crippen molar-refractivity contribution in [1.29, 1.82) is 5.26 Å². The molecule has 1 heterocycles. The summed E-state index contributed by atoms with van der Waals surface area (Å²) >= 11 is 13.3. The Morgan fingerprint density at radius 2 is 1.97 bits per heavy atom. The Labute approximate surface area is 194 Å². The van der Waals surface area contributed by atoms with E-state index < -0.39 is 0 Å². The van der Waals surface area contributed by atoms with Crippen LogP contribution in [0.25, 0.3) is 11.4 Å². The fourth-order valence-electron chi connectivity index (χ4n) is 2.89. The van der Waals surface area contributed by atoms with E-state index in [1.165, 1.54) is 4.68 Å². The average Bonchev–Trinajstić information content (AvgIpc) is 3.09. The van der Waals surface area contributed by atoms with Gasteiger partial charge in [-0.25, -0.2) is 4.68 Å². The van der Waals surface area contributed by atoms with Crippen molar-refractivity contribution < 1.29 is 4.79 Å². The Balaban J connectivity index is 1.77. The number of nitrogens with two attached hydrogens (primary N) is 1. The second-order valence-corrected chi connectivity index (χ2v) is 8.60. The first-order chi connectivity index (χ1) is 14.8. The van der Waals surface area contributed by atoms with E-state index in [0.29, 0.717) is 33.1 Å². The SMILES string of the molecule is Cc1ccc(N(CCC#N)C(=O)CSc2nnc(-c3ccc(Cl)cc3Cl)n2N)cc1C. The smallest absolute Gasteiger partial charge is 0.237 e. The molecule has 1 aromatic heterocycles. The van der Waals surface area contributed by atoms with E-state index in [2.05, 4.69) is 16.3 Å². The van der Waals surface area contributed by atoms with E-state index >= 15 is 0 Å². The van der Waals surface area contributed by atoms with Gasteiger partial charge in [0.1, 0.15) is 0 Å². The Morgan fingerprint density at radius 3 is 2.65 bits per heavy atom. The molecule has 3 rings (SSSR count). The van der Waals surface area contributed by atoms with E-state index in [4.69, 9.17) is 34.3 Å². The third kappa shape index (κ3) is 5.31. The number of anilines is 1. The molecule has 1 amide bonds. The van der Waals surface area contributed by atoms with Crippen molar-refractivity contribution in [2.75, 3.05) is 23.0 Å². The fraction of sp³-hybridized carbons (Fsp3) is 0.238. The zero-order valence-electron chi connectivity index (χ0n) is 17.0. The molecule has 2 N–H and O–H groups in total. The van der Waals surface area contributed by atoms with E-state index in [0.717, 1.165) is 28.6 Å². The summed E-state index contributed by atoms with van der Waals surface area (Å²) in [6, 6.07) is 12.9. The van der Waals surface area contributed by atoms with Crippen LogP contribution in [0.2, 0.25) is 10.0 Å². The average molecular weight is 475 g/mol. The van der Waals surface area contributed by atoms with Crippen molar-refractivity contribution in [1.82, 2.24) is 14.9 Å². The van der Waals surface area contributed by atoms with Crippen LogP contribution in [-0.2, 0) is 4.79 Å². The molecule has 0 bridgehead atoms. The first kappa shape index (κ1) is 22.9. The second-order valence-electron chi connectivity index (χ2n) is 6.81. The van der Waals surface area contributed by atoms with Gasteiger partial charge in [0.15, 0.2) is 5.82 Å². The number of carbonyl (C=O) groups is 1. The monoisotopic (exact) mass is 474 g/mol. The van der Waals surface area contributed by atoms with Gasteiger partial charge in [0.2, 0.25) is 11.1 Å². The van der Waals surface area contributed by atoms with Gasteiger partial charge in [0.05, 0.1) is 23.3 Å². The van der Waals surface area contributed by atoms with Crippen LogP contribution in [-0.4, -0.2) is 33.1 Å². The Kier molecular flexibility index (Phi) is 7.44. The number of nitrogens with zero attached hydrogens (tertiary/aromatic N) is 5. The molecule has 0 fully saturated rings. The molecule has 3 aromatic rings. The van der Waals surface area contributed by atoms with E-state index in [1.807, 2.05) is 32.0 Å². The minimum atomic E-state index is -0.155. The molecule has 0 unspecified atom stereocenters. The number of rotatable bonds is 7. The normalized spacial score (nSPS) is 10.7. The second kappa shape index (κ2) is 10.1. The Morgan fingerprint density at radius 1 is 1.19 bits per heavy atom. The summed E-state index contributed by atoms with van der Waals surface area (Å²) in [6.45, 7) is 4.30. The van der Waals surface area contributed by atoms with Crippen molar-refractivity contribution in [2.24, 2.45) is 0 Å². The predicted molar refractivity (Wildman–Crippen MR) is 125 cm³/mol. The maximum absolute atomic E-state index is 13.0. The summed E-state index contributed by atoms with van der Waals surface area (Å²) in [4.78, 5) is 14.6. The number of halogens is 2. The van der Waals surface area contributed by atoms with Crippen LogP contribution >= 0.6 is 35.0 Å². The highest BCUT2D eigenvalue weighted by atomic mass is 35.5. The van der Waals surface area contributed by atoms with Gasteiger partial charge in [-0.1, -0.05) is 41.0 Å². The quantitative estimate of drug-likeness (QED) is 0.395. The summed E-state index contributed by atoms with van der Waals surface area (Å²) in [5.74, 6) is 6.44. The van der Waals surface area contributed by atoms with Crippen molar-refractivity contribution in [3.63, 3.8) is 0 Å². The van der Waals surface area contributed by atoms with Crippen LogP contribution in [0.4, 0.5) is 5.69 Å². The minimum Gasteiger partial charge on any atom is -0.335 e. The molecule has 0 saturated carbocycles. The lowest BCUT2D eigenvalue weighted by atomic mass is 10.1. The van der Waals surface area contributed by atoms with Crippen molar-refractivity contribution in [3.8, 4) is 17.5 Å². The molecule has 0 atom stereocenters. The molecule has 0 spiro atoms. The molecule has 0 aliphatic heterocycles. The molecular weight excluding hydrogens is 455 g/mol. The molecule has 10 heteroatoms. The predicted octanol–water partition coefficient (Wildman–Crippen LogP) is 4.62. The third-order valence-corrected chi connectivity index (χ3v) is 6.19. The highest BCUT2D eigenvalue weighted by Gasteiger charge is 2.20. The van der Waals surface area contributed by atoms with E-state index in [-0.39, 0.29) is 18.1 Å². The summed E-state index contributed by atoms with van der Waals surface area (Å²) in [6.07, 6.45) is 0.232. The topological polar surface area (TPSA) is 101 Å². The van der Waals surface area contributed by atoms with Gasteiger partial charge < -0.3 is 10.7 Å². The Hall–Kier alpha value is -2.73. The summed E-state index contributed by atoms with van der Waals surface area (Å²) in [7, 11) is 0. The van der Waals surface area contributed by atoms with Gasteiger partial charge in [-0.05, 0) is 55.3 Å². The maximum atomic E-state index is 13.0. The zero-order chi connectivity index (χ0) is 22.5.